The molecule has 1 aliphatic rings. The Labute approximate surface area is 141 Å². The minimum absolute atomic E-state index is 0.0447. The Morgan fingerprint density at radius 3 is 3.00 bits per heavy atom. The van der Waals surface area contributed by atoms with Gasteiger partial charge < -0.3 is 20.3 Å². The van der Waals surface area contributed by atoms with Crippen molar-refractivity contribution in [3.63, 3.8) is 0 Å². The second-order valence-electron chi connectivity index (χ2n) is 5.54. The lowest BCUT2D eigenvalue weighted by Gasteiger charge is -2.24. The molecule has 1 aromatic rings. The van der Waals surface area contributed by atoms with Crippen molar-refractivity contribution in [2.45, 2.75) is 25.3 Å². The van der Waals surface area contributed by atoms with E-state index in [-0.39, 0.29) is 17.9 Å². The van der Waals surface area contributed by atoms with Gasteiger partial charge in [0.25, 0.3) is 0 Å². The molecule has 0 saturated carbocycles. The van der Waals surface area contributed by atoms with Crippen LogP contribution in [-0.4, -0.2) is 62.7 Å². The molecule has 1 aliphatic heterocycles. The Balaban J connectivity index is 1.74. The molecule has 2 rings (SSSR count). The number of nitrogens with zero attached hydrogens (tertiary/aromatic N) is 1. The van der Waals surface area contributed by atoms with E-state index in [4.69, 9.17) is 4.74 Å². The maximum Gasteiger partial charge on any atom is 0.242 e. The molecule has 2 amide bonds. The van der Waals surface area contributed by atoms with Crippen LogP contribution >= 0.6 is 11.3 Å². The van der Waals surface area contributed by atoms with E-state index in [1.807, 2.05) is 17.5 Å². The first kappa shape index (κ1) is 17.9. The number of carbonyl (C=O) groups excluding carboxylic acids is 2. The molecule has 1 fully saturated rings. The Morgan fingerprint density at radius 1 is 1.39 bits per heavy atom. The van der Waals surface area contributed by atoms with Crippen molar-refractivity contribution in [1.29, 1.82) is 0 Å². The molecule has 0 aromatic carbocycles. The van der Waals surface area contributed by atoms with Crippen molar-refractivity contribution in [3.05, 3.63) is 22.4 Å². The molecule has 1 aromatic heterocycles. The fraction of sp³-hybridized carbons (Fsp3) is 0.625. The van der Waals surface area contributed by atoms with Crippen LogP contribution in [0.4, 0.5) is 0 Å². The van der Waals surface area contributed by atoms with Crippen molar-refractivity contribution < 1.29 is 14.3 Å². The molecule has 0 aliphatic carbocycles. The average molecular weight is 339 g/mol. The molecular weight excluding hydrogens is 314 g/mol. The van der Waals surface area contributed by atoms with E-state index in [0.29, 0.717) is 32.7 Å². The van der Waals surface area contributed by atoms with Gasteiger partial charge in [0.2, 0.25) is 11.8 Å². The molecule has 2 N–H and O–H groups in total. The first-order valence-corrected chi connectivity index (χ1v) is 8.89. The van der Waals surface area contributed by atoms with Crippen LogP contribution in [-0.2, 0) is 20.7 Å². The average Bonchev–Trinajstić information content (AvgIpc) is 3.21. The zero-order valence-corrected chi connectivity index (χ0v) is 14.4. The van der Waals surface area contributed by atoms with E-state index in [1.165, 1.54) is 0 Å². The van der Waals surface area contributed by atoms with E-state index in [9.17, 15) is 9.59 Å². The zero-order chi connectivity index (χ0) is 16.5. The van der Waals surface area contributed by atoms with E-state index >= 15 is 0 Å². The highest BCUT2D eigenvalue weighted by Gasteiger charge is 2.33. The van der Waals surface area contributed by atoms with Gasteiger partial charge in [0.05, 0.1) is 13.0 Å². The van der Waals surface area contributed by atoms with Gasteiger partial charge in [-0.25, -0.2) is 0 Å². The highest BCUT2D eigenvalue weighted by atomic mass is 32.1. The summed E-state index contributed by atoms with van der Waals surface area (Å²) in [6, 6.07) is 3.58. The van der Waals surface area contributed by atoms with E-state index in [2.05, 4.69) is 10.6 Å². The van der Waals surface area contributed by atoms with Gasteiger partial charge in [-0.15, -0.1) is 11.3 Å². The van der Waals surface area contributed by atoms with E-state index < -0.39 is 0 Å². The van der Waals surface area contributed by atoms with Crippen molar-refractivity contribution in [1.82, 2.24) is 15.5 Å². The van der Waals surface area contributed by atoms with Gasteiger partial charge in [-0.2, -0.15) is 0 Å². The first-order chi connectivity index (χ1) is 11.2. The summed E-state index contributed by atoms with van der Waals surface area (Å²) in [7, 11) is 1.66. The molecule has 6 nitrogen and oxygen atoms in total. The second kappa shape index (κ2) is 9.64. The van der Waals surface area contributed by atoms with Gasteiger partial charge in [0.1, 0.15) is 6.04 Å². The van der Waals surface area contributed by atoms with Gasteiger partial charge in [-0.1, -0.05) is 6.07 Å². The van der Waals surface area contributed by atoms with Crippen molar-refractivity contribution >= 4 is 23.2 Å². The zero-order valence-electron chi connectivity index (χ0n) is 13.5. The Morgan fingerprint density at radius 2 is 2.26 bits per heavy atom. The Hall–Kier alpha value is -1.44. The minimum Gasteiger partial charge on any atom is -0.383 e. The molecule has 0 radical (unpaired) electrons. The quantitative estimate of drug-likeness (QED) is 0.648. The third-order valence-corrected chi connectivity index (χ3v) is 4.74. The number of methoxy groups -OCH3 is 1. The molecule has 23 heavy (non-hydrogen) atoms. The van der Waals surface area contributed by atoms with Crippen LogP contribution in [0.3, 0.4) is 0 Å². The van der Waals surface area contributed by atoms with Crippen LogP contribution < -0.4 is 10.6 Å². The van der Waals surface area contributed by atoms with E-state index in [1.54, 1.807) is 23.3 Å². The summed E-state index contributed by atoms with van der Waals surface area (Å²) in [6.07, 6.45) is 2.03. The fourth-order valence-corrected chi connectivity index (χ4v) is 3.39. The predicted octanol–water partition coefficient (Wildman–Crippen LogP) is 0.634. The topological polar surface area (TPSA) is 70.7 Å². The predicted molar refractivity (Wildman–Crippen MR) is 90.5 cm³/mol. The molecule has 1 atom stereocenters. The number of ether oxygens (including phenoxy) is 1. The van der Waals surface area contributed by atoms with Crippen LogP contribution in [0.2, 0.25) is 0 Å². The van der Waals surface area contributed by atoms with Crippen LogP contribution in [0.1, 0.15) is 17.7 Å². The lowest BCUT2D eigenvalue weighted by Crippen LogP contribution is -2.47. The Kier molecular flexibility index (Phi) is 7.51. The summed E-state index contributed by atoms with van der Waals surface area (Å²) in [5, 5.41) is 8.05. The number of carbonyl (C=O) groups is 2. The molecule has 0 spiro atoms. The largest absolute Gasteiger partial charge is 0.383 e. The number of amides is 2. The highest BCUT2D eigenvalue weighted by molar-refractivity contribution is 7.10. The van der Waals surface area contributed by atoms with Gasteiger partial charge in [0, 0.05) is 38.2 Å². The number of rotatable bonds is 9. The van der Waals surface area contributed by atoms with Crippen LogP contribution in [0.5, 0.6) is 0 Å². The van der Waals surface area contributed by atoms with Gasteiger partial charge in [0.15, 0.2) is 0 Å². The number of hydrogen-bond acceptors (Lipinski definition) is 5. The van der Waals surface area contributed by atoms with Crippen LogP contribution in [0.25, 0.3) is 0 Å². The molecule has 1 saturated heterocycles. The van der Waals surface area contributed by atoms with Crippen molar-refractivity contribution in [3.8, 4) is 0 Å². The molecule has 1 unspecified atom stereocenters. The number of likely N-dealkylation sites (tertiary alicyclic amines) is 1. The van der Waals surface area contributed by atoms with Crippen LogP contribution in [0.15, 0.2) is 17.5 Å². The van der Waals surface area contributed by atoms with Crippen LogP contribution in [0, 0.1) is 0 Å². The summed E-state index contributed by atoms with van der Waals surface area (Å²) >= 11 is 1.58. The summed E-state index contributed by atoms with van der Waals surface area (Å²) < 4.78 is 4.94. The summed E-state index contributed by atoms with van der Waals surface area (Å²) in [5.74, 6) is -0.00103. The Bertz CT molecular complexity index is 493. The normalized spacial score (nSPS) is 17.4. The van der Waals surface area contributed by atoms with Gasteiger partial charge in [-0.3, -0.25) is 9.59 Å². The van der Waals surface area contributed by atoms with E-state index in [0.717, 1.165) is 24.3 Å². The number of thiophene rings is 1. The second-order valence-corrected chi connectivity index (χ2v) is 6.57. The monoisotopic (exact) mass is 339 g/mol. The van der Waals surface area contributed by atoms with Gasteiger partial charge >= 0.3 is 0 Å². The highest BCUT2D eigenvalue weighted by Crippen LogP contribution is 2.20. The standard InChI is InChI=1S/C16H25N3O3S/c1-22-10-8-17-6-7-18-16(21)14-5-2-9-19(14)15(20)12-13-4-3-11-23-13/h3-4,11,14,17H,2,5-10,12H2,1H3,(H,18,21). The third-order valence-electron chi connectivity index (χ3n) is 3.87. The maximum absolute atomic E-state index is 12.4. The number of nitrogens with one attached hydrogen (secondary N) is 2. The fourth-order valence-electron chi connectivity index (χ4n) is 2.69. The molecule has 128 valence electrons. The van der Waals surface area contributed by atoms with Gasteiger partial charge in [-0.05, 0) is 24.3 Å². The maximum atomic E-state index is 12.4. The lowest BCUT2D eigenvalue weighted by molar-refractivity contribution is -0.137. The smallest absolute Gasteiger partial charge is 0.242 e. The molecule has 7 heteroatoms. The van der Waals surface area contributed by atoms with Crippen molar-refractivity contribution in [2.24, 2.45) is 0 Å². The first-order valence-electron chi connectivity index (χ1n) is 8.01. The van der Waals surface area contributed by atoms with Crippen molar-refractivity contribution in [2.75, 3.05) is 39.9 Å². The summed E-state index contributed by atoms with van der Waals surface area (Å²) in [5.41, 5.74) is 0. The third kappa shape index (κ3) is 5.60. The molecule has 2 heterocycles. The molecule has 0 bridgehead atoms. The SMILES string of the molecule is COCCNCCNC(=O)C1CCCN1C(=O)Cc1cccs1. The summed E-state index contributed by atoms with van der Waals surface area (Å²) in [6.45, 7) is 3.36. The molecular formula is C16H25N3O3S. The number of hydrogen-bond donors (Lipinski definition) is 2. The minimum atomic E-state index is -0.318. The lowest BCUT2D eigenvalue weighted by atomic mass is 10.2. The summed E-state index contributed by atoms with van der Waals surface area (Å²) in [4.78, 5) is 27.5.